The number of anilines is 1. The lowest BCUT2D eigenvalue weighted by Gasteiger charge is -2.09. The zero-order valence-electron chi connectivity index (χ0n) is 12.2. The minimum absolute atomic E-state index is 0.623. The van der Waals surface area contributed by atoms with Gasteiger partial charge in [-0.25, -0.2) is 4.98 Å². The Morgan fingerprint density at radius 3 is 2.86 bits per heavy atom. The molecule has 0 radical (unpaired) electrons. The molecule has 0 aliphatic heterocycles. The molecule has 108 valence electrons. The second-order valence-corrected chi connectivity index (χ2v) is 5.92. The first-order valence-corrected chi connectivity index (χ1v) is 7.45. The molecule has 1 aliphatic carbocycles. The molecular weight excluding hydrogens is 262 g/mol. The Hall–Kier alpha value is -2.30. The quantitative estimate of drug-likeness (QED) is 0.748. The molecule has 2 heterocycles. The average Bonchev–Trinajstić information content (AvgIpc) is 3.13. The molecule has 0 atom stereocenters. The number of benzene rings is 1. The second-order valence-electron chi connectivity index (χ2n) is 5.92. The van der Waals surface area contributed by atoms with E-state index in [0.29, 0.717) is 5.92 Å². The first-order valence-electron chi connectivity index (χ1n) is 7.45. The molecule has 4 rings (SSSR count). The summed E-state index contributed by atoms with van der Waals surface area (Å²) in [5.41, 5.74) is 10.0. The number of nitrogen functional groups attached to an aromatic ring is 1. The van der Waals surface area contributed by atoms with Gasteiger partial charge in [0.2, 0.25) is 0 Å². The molecule has 2 N–H and O–H groups in total. The maximum absolute atomic E-state index is 5.88. The largest absolute Gasteiger partial charge is 0.399 e. The SMILES string of the molecule is Cc1cnn(CCn2c(C3CC3)nc3cc(N)ccc32)c1. The Morgan fingerprint density at radius 1 is 1.29 bits per heavy atom. The highest BCUT2D eigenvalue weighted by atomic mass is 15.3. The van der Waals surface area contributed by atoms with Crippen molar-refractivity contribution in [1.82, 2.24) is 19.3 Å². The molecule has 5 heteroatoms. The van der Waals surface area contributed by atoms with Crippen LogP contribution in [0.3, 0.4) is 0 Å². The van der Waals surface area contributed by atoms with Crippen LogP contribution in [0, 0.1) is 6.92 Å². The van der Waals surface area contributed by atoms with Crippen molar-refractivity contribution < 1.29 is 0 Å². The van der Waals surface area contributed by atoms with Crippen LogP contribution < -0.4 is 5.73 Å². The van der Waals surface area contributed by atoms with Crippen molar-refractivity contribution in [3.63, 3.8) is 0 Å². The minimum atomic E-state index is 0.623. The third-order valence-electron chi connectivity index (χ3n) is 4.06. The molecule has 1 saturated carbocycles. The molecule has 0 saturated heterocycles. The van der Waals surface area contributed by atoms with Crippen LogP contribution in [0.1, 0.15) is 30.1 Å². The van der Waals surface area contributed by atoms with Gasteiger partial charge in [-0.15, -0.1) is 0 Å². The van der Waals surface area contributed by atoms with Crippen molar-refractivity contribution in [3.05, 3.63) is 42.0 Å². The molecule has 0 amide bonds. The van der Waals surface area contributed by atoms with E-state index >= 15 is 0 Å². The monoisotopic (exact) mass is 281 g/mol. The number of hydrogen-bond donors (Lipinski definition) is 1. The van der Waals surface area contributed by atoms with Crippen LogP contribution in [0.4, 0.5) is 5.69 Å². The van der Waals surface area contributed by atoms with Gasteiger partial charge in [0.15, 0.2) is 0 Å². The summed E-state index contributed by atoms with van der Waals surface area (Å²) >= 11 is 0. The van der Waals surface area contributed by atoms with Crippen LogP contribution in [-0.2, 0) is 13.1 Å². The predicted octanol–water partition coefficient (Wildman–Crippen LogP) is 2.70. The van der Waals surface area contributed by atoms with E-state index in [9.17, 15) is 0 Å². The maximum atomic E-state index is 5.88. The molecule has 0 unspecified atom stereocenters. The van der Waals surface area contributed by atoms with Crippen LogP contribution >= 0.6 is 0 Å². The number of aromatic nitrogens is 4. The van der Waals surface area contributed by atoms with Crippen LogP contribution in [0.5, 0.6) is 0 Å². The number of imidazole rings is 1. The standard InChI is InChI=1S/C16H19N5/c1-11-9-18-20(10-11)6-7-21-15-5-4-13(17)8-14(15)19-16(21)12-2-3-12/h4-5,8-10,12H,2-3,6-7,17H2,1H3. The van der Waals surface area contributed by atoms with E-state index in [1.807, 2.05) is 23.0 Å². The lowest BCUT2D eigenvalue weighted by atomic mass is 10.3. The molecule has 0 spiro atoms. The molecule has 3 aromatic rings. The molecular formula is C16H19N5. The van der Waals surface area contributed by atoms with Gasteiger partial charge < -0.3 is 10.3 Å². The third kappa shape index (κ3) is 2.28. The van der Waals surface area contributed by atoms with E-state index in [4.69, 9.17) is 10.7 Å². The number of rotatable bonds is 4. The number of nitrogens with two attached hydrogens (primary N) is 1. The number of nitrogens with zero attached hydrogens (tertiary/aromatic N) is 4. The number of hydrogen-bond acceptors (Lipinski definition) is 3. The van der Waals surface area contributed by atoms with Gasteiger partial charge in [0.05, 0.1) is 23.8 Å². The van der Waals surface area contributed by atoms with Gasteiger partial charge in [-0.2, -0.15) is 5.10 Å². The topological polar surface area (TPSA) is 61.7 Å². The maximum Gasteiger partial charge on any atom is 0.113 e. The fraction of sp³-hybridized carbons (Fsp3) is 0.375. The average molecular weight is 281 g/mol. The van der Waals surface area contributed by atoms with Gasteiger partial charge in [0, 0.05) is 24.3 Å². The van der Waals surface area contributed by atoms with Crippen molar-refractivity contribution >= 4 is 16.7 Å². The Morgan fingerprint density at radius 2 is 2.14 bits per heavy atom. The van der Waals surface area contributed by atoms with Crippen LogP contribution in [0.15, 0.2) is 30.6 Å². The lowest BCUT2D eigenvalue weighted by molar-refractivity contribution is 0.528. The van der Waals surface area contributed by atoms with E-state index in [0.717, 1.165) is 24.3 Å². The summed E-state index contributed by atoms with van der Waals surface area (Å²) < 4.78 is 4.33. The Balaban J connectivity index is 1.70. The summed E-state index contributed by atoms with van der Waals surface area (Å²) in [5.74, 6) is 1.83. The summed E-state index contributed by atoms with van der Waals surface area (Å²) in [4.78, 5) is 4.81. The minimum Gasteiger partial charge on any atom is -0.399 e. The Labute approximate surface area is 123 Å². The zero-order valence-corrected chi connectivity index (χ0v) is 12.2. The molecule has 1 aromatic carbocycles. The van der Waals surface area contributed by atoms with Crippen molar-refractivity contribution in [2.45, 2.75) is 38.8 Å². The first kappa shape index (κ1) is 12.4. The summed E-state index contributed by atoms with van der Waals surface area (Å²) in [5, 5.41) is 4.36. The van der Waals surface area contributed by atoms with Gasteiger partial charge in [-0.1, -0.05) is 0 Å². The molecule has 2 aromatic heterocycles. The van der Waals surface area contributed by atoms with E-state index in [-0.39, 0.29) is 0 Å². The predicted molar refractivity (Wildman–Crippen MR) is 83.1 cm³/mol. The molecule has 1 aliphatic rings. The van der Waals surface area contributed by atoms with E-state index in [1.54, 1.807) is 0 Å². The van der Waals surface area contributed by atoms with Gasteiger partial charge in [0.1, 0.15) is 5.82 Å². The highest BCUT2D eigenvalue weighted by Crippen LogP contribution is 2.40. The van der Waals surface area contributed by atoms with Crippen LogP contribution in [0.25, 0.3) is 11.0 Å². The highest BCUT2D eigenvalue weighted by molar-refractivity contribution is 5.79. The summed E-state index contributed by atoms with van der Waals surface area (Å²) in [6.07, 6.45) is 6.47. The second kappa shape index (κ2) is 4.62. The van der Waals surface area contributed by atoms with E-state index in [1.165, 1.54) is 29.7 Å². The first-order chi connectivity index (χ1) is 10.2. The fourth-order valence-electron chi connectivity index (χ4n) is 2.85. The Kier molecular flexibility index (Phi) is 2.74. The zero-order chi connectivity index (χ0) is 14.4. The smallest absolute Gasteiger partial charge is 0.113 e. The van der Waals surface area contributed by atoms with Crippen LogP contribution in [0.2, 0.25) is 0 Å². The van der Waals surface area contributed by atoms with Crippen molar-refractivity contribution in [3.8, 4) is 0 Å². The summed E-state index contributed by atoms with van der Waals surface area (Å²) in [6.45, 7) is 3.82. The van der Waals surface area contributed by atoms with Gasteiger partial charge in [-0.05, 0) is 43.5 Å². The number of fused-ring (bicyclic) bond motifs is 1. The Bertz CT molecular complexity index is 794. The molecule has 1 fully saturated rings. The highest BCUT2D eigenvalue weighted by Gasteiger charge is 2.29. The number of aryl methyl sites for hydroxylation is 3. The molecule has 5 nitrogen and oxygen atoms in total. The molecule has 21 heavy (non-hydrogen) atoms. The van der Waals surface area contributed by atoms with E-state index < -0.39 is 0 Å². The van der Waals surface area contributed by atoms with Crippen molar-refractivity contribution in [2.75, 3.05) is 5.73 Å². The van der Waals surface area contributed by atoms with Gasteiger partial charge in [0.25, 0.3) is 0 Å². The summed E-state index contributed by atoms with van der Waals surface area (Å²) in [7, 11) is 0. The summed E-state index contributed by atoms with van der Waals surface area (Å²) in [6, 6.07) is 6.00. The lowest BCUT2D eigenvalue weighted by Crippen LogP contribution is -2.10. The van der Waals surface area contributed by atoms with Gasteiger partial charge in [-0.3, -0.25) is 4.68 Å². The van der Waals surface area contributed by atoms with Gasteiger partial charge >= 0.3 is 0 Å². The van der Waals surface area contributed by atoms with Crippen molar-refractivity contribution in [2.24, 2.45) is 0 Å². The normalized spacial score (nSPS) is 14.9. The van der Waals surface area contributed by atoms with Crippen molar-refractivity contribution in [1.29, 1.82) is 0 Å². The van der Waals surface area contributed by atoms with Crippen LogP contribution in [-0.4, -0.2) is 19.3 Å². The third-order valence-corrected chi connectivity index (χ3v) is 4.06. The fourth-order valence-corrected chi connectivity index (χ4v) is 2.85. The van der Waals surface area contributed by atoms with E-state index in [2.05, 4.69) is 28.9 Å². The molecule has 0 bridgehead atoms.